The highest BCUT2D eigenvalue weighted by Gasteiger charge is 2.26. The van der Waals surface area contributed by atoms with E-state index in [4.69, 9.17) is 0 Å². The fourth-order valence-corrected chi connectivity index (χ4v) is 6.78. The second kappa shape index (κ2) is 31.2. The smallest absolute Gasteiger partial charge is 0.326 e. The lowest BCUT2D eigenvalue weighted by Gasteiger charge is -2.22. The van der Waals surface area contributed by atoms with Gasteiger partial charge >= 0.3 is 5.97 Å². The molecule has 0 saturated heterocycles. The number of nitrogens with one attached hydrogen (secondary N) is 8. The molecule has 18 nitrogen and oxygen atoms in total. The van der Waals surface area contributed by atoms with Crippen molar-refractivity contribution in [3.05, 3.63) is 70.8 Å². The van der Waals surface area contributed by atoms with E-state index in [1.54, 1.807) is 45.0 Å². The van der Waals surface area contributed by atoms with Crippen LogP contribution in [0.5, 0.6) is 0 Å². The van der Waals surface area contributed by atoms with Crippen LogP contribution in [-0.2, 0) is 46.7 Å². The summed E-state index contributed by atoms with van der Waals surface area (Å²) >= 11 is 1.46. The van der Waals surface area contributed by atoms with Crippen molar-refractivity contribution in [2.24, 2.45) is 5.92 Å². The lowest BCUT2D eigenvalue weighted by Crippen LogP contribution is -2.51. The van der Waals surface area contributed by atoms with E-state index >= 15 is 0 Å². The van der Waals surface area contributed by atoms with Gasteiger partial charge in [0.15, 0.2) is 0 Å². The molecular formula is C47H70N8O10S. The molecular weight excluding hydrogens is 869 g/mol. The van der Waals surface area contributed by atoms with Crippen molar-refractivity contribution in [3.8, 4) is 0 Å². The minimum Gasteiger partial charge on any atom is -0.480 e. The summed E-state index contributed by atoms with van der Waals surface area (Å²) in [6.45, 7) is 9.71. The second-order valence-electron chi connectivity index (χ2n) is 16.5. The maximum absolute atomic E-state index is 13.2. The summed E-state index contributed by atoms with van der Waals surface area (Å²) in [5, 5.41) is 31.4. The number of ketones is 1. The molecule has 2 aromatic carbocycles. The van der Waals surface area contributed by atoms with Crippen molar-refractivity contribution in [3.63, 3.8) is 0 Å². The van der Waals surface area contributed by atoms with Gasteiger partial charge in [-0.2, -0.15) is 11.8 Å². The predicted octanol–water partition coefficient (Wildman–Crippen LogP) is 2.73. The van der Waals surface area contributed by atoms with Crippen LogP contribution >= 0.6 is 11.8 Å². The predicted molar refractivity (Wildman–Crippen MR) is 253 cm³/mol. The van der Waals surface area contributed by atoms with Gasteiger partial charge in [0.1, 0.15) is 23.9 Å². The van der Waals surface area contributed by atoms with Gasteiger partial charge in [0.05, 0.1) is 13.1 Å². The minimum atomic E-state index is -1.24. The van der Waals surface area contributed by atoms with Gasteiger partial charge in [-0.3, -0.25) is 38.4 Å². The number of Topliss-reactive ketones (excluding diaryl/α,β-unsaturated/α-hetero) is 1. The standard InChI is InChI=1S/C47H70N8O10S/c1-7-36(56)12-8-9-14-39(57)48-24-11-10-13-38(47(64)65)53-40(58)28-52-45(62)37(23-25-66-6)54-44(61)35-21-17-33(18-22-35)27-50-46(63)42(30(2)3)55-41(59)29-51-43(60)34-19-15-32(16-20-34)26-49-31(4)5/h15-22,30-31,37-38,42,49H,7-14,23-29H2,1-6H3,(H,48,57)(H,50,63)(H,51,60)(H,52,62)(H,53,58)(H,54,61)(H,55,59)(H,64,65). The van der Waals surface area contributed by atoms with Gasteiger partial charge in [0, 0.05) is 56.1 Å². The topological polar surface area (TPSA) is 270 Å². The average molecular weight is 939 g/mol. The zero-order valence-corrected chi connectivity index (χ0v) is 40.0. The molecule has 0 aromatic heterocycles. The Hall–Kier alpha value is -5.82. The molecule has 7 amide bonds. The number of carbonyl (C=O) groups is 9. The van der Waals surface area contributed by atoms with Crippen LogP contribution in [0, 0.1) is 5.92 Å². The van der Waals surface area contributed by atoms with E-state index in [1.807, 2.05) is 32.2 Å². The molecule has 0 aliphatic heterocycles. The Morgan fingerprint density at radius 2 is 1.18 bits per heavy atom. The second-order valence-corrected chi connectivity index (χ2v) is 17.5. The fourth-order valence-electron chi connectivity index (χ4n) is 6.30. The van der Waals surface area contributed by atoms with Crippen LogP contribution in [-0.4, -0.2) is 114 Å². The van der Waals surface area contributed by atoms with Crippen molar-refractivity contribution in [2.75, 3.05) is 31.6 Å². The quantitative estimate of drug-likeness (QED) is 0.0480. The van der Waals surface area contributed by atoms with Crippen molar-refractivity contribution >= 4 is 64.9 Å². The summed E-state index contributed by atoms with van der Waals surface area (Å²) in [4.78, 5) is 113. The van der Waals surface area contributed by atoms with Crippen molar-refractivity contribution in [1.29, 1.82) is 0 Å². The Bertz CT molecular complexity index is 1910. The van der Waals surface area contributed by atoms with Crippen molar-refractivity contribution < 1.29 is 48.3 Å². The van der Waals surface area contributed by atoms with Gasteiger partial charge in [-0.05, 0) is 91.8 Å². The number of amides is 7. The molecule has 19 heteroatoms. The Labute approximate surface area is 392 Å². The summed E-state index contributed by atoms with van der Waals surface area (Å²) in [5.41, 5.74) is 2.32. The van der Waals surface area contributed by atoms with Gasteiger partial charge < -0.3 is 47.6 Å². The largest absolute Gasteiger partial charge is 0.480 e. The molecule has 0 fully saturated rings. The molecule has 2 aromatic rings. The van der Waals surface area contributed by atoms with Gasteiger partial charge in [-0.15, -0.1) is 0 Å². The highest BCUT2D eigenvalue weighted by molar-refractivity contribution is 7.98. The average Bonchev–Trinajstić information content (AvgIpc) is 3.29. The van der Waals surface area contributed by atoms with E-state index in [9.17, 15) is 48.3 Å². The zero-order chi connectivity index (χ0) is 49.0. The summed E-state index contributed by atoms with van der Waals surface area (Å²) in [6.07, 6.45) is 5.60. The van der Waals surface area contributed by atoms with E-state index in [-0.39, 0.29) is 49.1 Å². The number of hydrogen-bond donors (Lipinski definition) is 9. The molecule has 0 spiro atoms. The number of carboxylic acids is 1. The van der Waals surface area contributed by atoms with Crippen LogP contribution in [0.1, 0.15) is 124 Å². The third-order valence-electron chi connectivity index (χ3n) is 10.3. The summed E-state index contributed by atoms with van der Waals surface area (Å²) < 4.78 is 0. The van der Waals surface area contributed by atoms with Crippen LogP contribution in [0.4, 0.5) is 0 Å². The van der Waals surface area contributed by atoms with Crippen LogP contribution in [0.25, 0.3) is 0 Å². The molecule has 9 N–H and O–H groups in total. The number of thioether (sulfide) groups is 1. The third kappa shape index (κ3) is 22.9. The molecule has 0 saturated carbocycles. The van der Waals surface area contributed by atoms with Gasteiger partial charge in [-0.1, -0.05) is 58.9 Å². The molecule has 0 heterocycles. The molecule has 66 heavy (non-hydrogen) atoms. The van der Waals surface area contributed by atoms with E-state index in [0.29, 0.717) is 81.0 Å². The van der Waals surface area contributed by atoms with Crippen LogP contribution in [0.15, 0.2) is 48.5 Å². The van der Waals surface area contributed by atoms with Crippen LogP contribution < -0.4 is 42.5 Å². The Morgan fingerprint density at radius 3 is 1.77 bits per heavy atom. The Morgan fingerprint density at radius 1 is 0.591 bits per heavy atom. The first-order valence-corrected chi connectivity index (χ1v) is 24.0. The molecule has 2 rings (SSSR count). The van der Waals surface area contributed by atoms with Crippen molar-refractivity contribution in [1.82, 2.24) is 42.5 Å². The number of rotatable bonds is 32. The Balaban J connectivity index is 1.82. The molecule has 0 aliphatic carbocycles. The van der Waals surface area contributed by atoms with E-state index in [2.05, 4.69) is 42.5 Å². The fraction of sp³-hybridized carbons (Fsp3) is 0.553. The van der Waals surface area contributed by atoms with Crippen molar-refractivity contribution in [2.45, 2.75) is 130 Å². The van der Waals surface area contributed by atoms with E-state index in [0.717, 1.165) is 5.56 Å². The summed E-state index contributed by atoms with van der Waals surface area (Å²) in [7, 11) is 0. The first-order valence-electron chi connectivity index (χ1n) is 22.6. The molecule has 364 valence electrons. The zero-order valence-electron chi connectivity index (χ0n) is 39.1. The Kier molecular flexibility index (Phi) is 26.6. The number of hydrogen-bond acceptors (Lipinski definition) is 11. The highest BCUT2D eigenvalue weighted by atomic mass is 32.2. The van der Waals surface area contributed by atoms with Crippen LogP contribution in [0.2, 0.25) is 0 Å². The lowest BCUT2D eigenvalue weighted by molar-refractivity contribution is -0.142. The number of carboxylic acid groups (broad SMARTS) is 1. The highest BCUT2D eigenvalue weighted by Crippen LogP contribution is 2.10. The van der Waals surface area contributed by atoms with E-state index in [1.165, 1.54) is 23.9 Å². The number of unbranched alkanes of at least 4 members (excludes halogenated alkanes) is 2. The summed E-state index contributed by atoms with van der Waals surface area (Å²) in [6, 6.07) is 10.6. The SMILES string of the molecule is CCC(=O)CCCCC(=O)NCCCCC(NC(=O)CNC(=O)C(CCSC)NC(=O)c1ccc(CNC(=O)C(NC(=O)CNC(=O)c2ccc(CNC(C)C)cc2)C(C)C)cc1)C(=O)O. The van der Waals surface area contributed by atoms with Crippen LogP contribution in [0.3, 0.4) is 0 Å². The van der Waals surface area contributed by atoms with Gasteiger partial charge in [0.25, 0.3) is 11.8 Å². The molecule has 0 radical (unpaired) electrons. The molecule has 0 bridgehead atoms. The normalized spacial score (nSPS) is 12.3. The number of benzene rings is 2. The lowest BCUT2D eigenvalue weighted by atomic mass is 10.0. The molecule has 3 unspecified atom stereocenters. The summed E-state index contributed by atoms with van der Waals surface area (Å²) in [5.74, 6) is -4.25. The number of aliphatic carboxylic acids is 1. The first-order chi connectivity index (χ1) is 31.4. The molecule has 3 atom stereocenters. The van der Waals surface area contributed by atoms with Gasteiger partial charge in [-0.25, -0.2) is 4.79 Å². The van der Waals surface area contributed by atoms with Gasteiger partial charge in [0.2, 0.25) is 29.5 Å². The molecule has 0 aliphatic rings. The monoisotopic (exact) mass is 938 g/mol. The first kappa shape index (κ1) is 56.3. The maximum atomic E-state index is 13.2. The minimum absolute atomic E-state index is 0.0891. The van der Waals surface area contributed by atoms with E-state index < -0.39 is 66.1 Å². The maximum Gasteiger partial charge on any atom is 0.326 e. The number of carbonyl (C=O) groups excluding carboxylic acids is 8. The third-order valence-corrected chi connectivity index (χ3v) is 11.0.